The first kappa shape index (κ1) is 10.0. The van der Waals surface area contributed by atoms with Crippen LogP contribution in [0.15, 0.2) is 0 Å². The molecule has 2 bridgehead atoms. The molecule has 3 unspecified atom stereocenters. The van der Waals surface area contributed by atoms with E-state index in [4.69, 9.17) is 4.74 Å². The van der Waals surface area contributed by atoms with Gasteiger partial charge in [0.1, 0.15) is 0 Å². The van der Waals surface area contributed by atoms with Gasteiger partial charge in [0.15, 0.2) is 0 Å². The van der Waals surface area contributed by atoms with Crippen LogP contribution in [0.3, 0.4) is 0 Å². The van der Waals surface area contributed by atoms with Gasteiger partial charge in [-0.2, -0.15) is 0 Å². The summed E-state index contributed by atoms with van der Waals surface area (Å²) in [5.74, 6) is 2.46. The monoisotopic (exact) mass is 196 g/mol. The second kappa shape index (κ2) is 4.33. The van der Waals surface area contributed by atoms with Crippen LogP contribution < -0.4 is 0 Å². The molecule has 2 fully saturated rings. The lowest BCUT2D eigenvalue weighted by atomic mass is 9.86. The molecule has 14 heavy (non-hydrogen) atoms. The number of fused-ring (bicyclic) bond motifs is 2. The van der Waals surface area contributed by atoms with E-state index in [-0.39, 0.29) is 5.97 Å². The van der Waals surface area contributed by atoms with E-state index in [9.17, 15) is 4.79 Å². The molecule has 0 radical (unpaired) electrons. The third kappa shape index (κ3) is 2.10. The summed E-state index contributed by atoms with van der Waals surface area (Å²) in [6.07, 6.45) is 7.04. The predicted molar refractivity (Wildman–Crippen MR) is 54.8 cm³/mol. The van der Waals surface area contributed by atoms with Crippen molar-refractivity contribution in [3.8, 4) is 0 Å². The summed E-state index contributed by atoms with van der Waals surface area (Å²) in [5.41, 5.74) is 0. The Morgan fingerprint density at radius 2 is 2.21 bits per heavy atom. The molecule has 0 aliphatic heterocycles. The lowest BCUT2D eigenvalue weighted by Gasteiger charge is -2.20. The quantitative estimate of drug-likeness (QED) is 0.646. The SMILES string of the molecule is CCCOC(=O)CC1CC2CCC1C2. The van der Waals surface area contributed by atoms with Crippen LogP contribution in [0.2, 0.25) is 0 Å². The van der Waals surface area contributed by atoms with Crippen molar-refractivity contribution >= 4 is 5.97 Å². The third-order valence-electron chi connectivity index (χ3n) is 3.78. The summed E-state index contributed by atoms with van der Waals surface area (Å²) >= 11 is 0. The molecule has 2 heteroatoms. The number of hydrogen-bond acceptors (Lipinski definition) is 2. The highest BCUT2D eigenvalue weighted by Crippen LogP contribution is 2.49. The maximum absolute atomic E-state index is 11.4. The molecule has 2 rings (SSSR count). The minimum atomic E-state index is 0.0319. The summed E-state index contributed by atoms with van der Waals surface area (Å²) in [7, 11) is 0. The lowest BCUT2D eigenvalue weighted by molar-refractivity contribution is -0.145. The van der Waals surface area contributed by atoms with Crippen molar-refractivity contribution in [2.24, 2.45) is 17.8 Å². The molecule has 0 aromatic heterocycles. The molecule has 2 aliphatic rings. The van der Waals surface area contributed by atoms with Gasteiger partial charge in [-0.1, -0.05) is 13.3 Å². The van der Waals surface area contributed by atoms with E-state index in [0.717, 1.165) is 18.3 Å². The standard InChI is InChI=1S/C12H20O2/c1-2-5-14-12(13)8-11-7-9-3-4-10(11)6-9/h9-11H,2-8H2,1H3. The molecule has 3 atom stereocenters. The van der Waals surface area contributed by atoms with Gasteiger partial charge in [0, 0.05) is 6.42 Å². The summed E-state index contributed by atoms with van der Waals surface area (Å²) in [5, 5.41) is 0. The molecule has 2 saturated carbocycles. The molecule has 0 aromatic rings. The highest BCUT2D eigenvalue weighted by molar-refractivity contribution is 5.69. The first-order valence-electron chi connectivity index (χ1n) is 5.95. The molecule has 80 valence electrons. The van der Waals surface area contributed by atoms with Crippen LogP contribution in [0.5, 0.6) is 0 Å². The van der Waals surface area contributed by atoms with E-state index in [1.165, 1.54) is 25.7 Å². The van der Waals surface area contributed by atoms with Crippen molar-refractivity contribution in [1.82, 2.24) is 0 Å². The summed E-state index contributed by atoms with van der Waals surface area (Å²) in [6, 6.07) is 0. The van der Waals surface area contributed by atoms with E-state index in [2.05, 4.69) is 0 Å². The Morgan fingerprint density at radius 1 is 1.36 bits per heavy atom. The van der Waals surface area contributed by atoms with Crippen LogP contribution in [-0.2, 0) is 9.53 Å². The highest BCUT2D eigenvalue weighted by Gasteiger charge is 2.40. The van der Waals surface area contributed by atoms with Gasteiger partial charge in [0.2, 0.25) is 0 Å². The smallest absolute Gasteiger partial charge is 0.306 e. The predicted octanol–water partition coefficient (Wildman–Crippen LogP) is 2.77. The summed E-state index contributed by atoms with van der Waals surface area (Å²) in [6.45, 7) is 2.63. The molecule has 2 nitrogen and oxygen atoms in total. The van der Waals surface area contributed by atoms with Crippen LogP contribution in [0, 0.1) is 17.8 Å². The second-order valence-corrected chi connectivity index (χ2v) is 4.86. The first-order chi connectivity index (χ1) is 6.79. The fraction of sp³-hybridized carbons (Fsp3) is 0.917. The highest BCUT2D eigenvalue weighted by atomic mass is 16.5. The fourth-order valence-electron chi connectivity index (χ4n) is 3.12. The minimum Gasteiger partial charge on any atom is -0.466 e. The minimum absolute atomic E-state index is 0.0319. The van der Waals surface area contributed by atoms with Gasteiger partial charge in [-0.05, 0) is 43.4 Å². The van der Waals surface area contributed by atoms with Crippen molar-refractivity contribution in [3.05, 3.63) is 0 Å². The molecule has 0 saturated heterocycles. The number of hydrogen-bond donors (Lipinski definition) is 0. The van der Waals surface area contributed by atoms with Gasteiger partial charge < -0.3 is 4.74 Å². The van der Waals surface area contributed by atoms with Gasteiger partial charge in [-0.25, -0.2) is 0 Å². The van der Waals surface area contributed by atoms with E-state index in [1.54, 1.807) is 0 Å². The molecule has 2 aliphatic carbocycles. The van der Waals surface area contributed by atoms with Gasteiger partial charge in [-0.3, -0.25) is 4.79 Å². The van der Waals surface area contributed by atoms with Crippen molar-refractivity contribution < 1.29 is 9.53 Å². The Balaban J connectivity index is 1.73. The maximum Gasteiger partial charge on any atom is 0.306 e. The molecular weight excluding hydrogens is 176 g/mol. The van der Waals surface area contributed by atoms with E-state index in [1.807, 2.05) is 6.92 Å². The first-order valence-corrected chi connectivity index (χ1v) is 5.95. The molecule has 0 spiro atoms. The number of carbonyl (C=O) groups is 1. The molecular formula is C12H20O2. The van der Waals surface area contributed by atoms with Crippen LogP contribution in [-0.4, -0.2) is 12.6 Å². The third-order valence-corrected chi connectivity index (χ3v) is 3.78. The van der Waals surface area contributed by atoms with Crippen molar-refractivity contribution in [2.75, 3.05) is 6.61 Å². The summed E-state index contributed by atoms with van der Waals surface area (Å²) in [4.78, 5) is 11.4. The Hall–Kier alpha value is -0.530. The van der Waals surface area contributed by atoms with Crippen molar-refractivity contribution in [1.29, 1.82) is 0 Å². The zero-order chi connectivity index (χ0) is 9.97. The number of carbonyl (C=O) groups excluding carboxylic acids is 1. The average Bonchev–Trinajstić information content (AvgIpc) is 2.76. The van der Waals surface area contributed by atoms with Crippen molar-refractivity contribution in [2.45, 2.75) is 45.4 Å². The Bertz CT molecular complexity index is 212. The molecule has 0 amide bonds. The topological polar surface area (TPSA) is 26.3 Å². The largest absolute Gasteiger partial charge is 0.466 e. The number of ether oxygens (including phenoxy) is 1. The Kier molecular flexibility index (Phi) is 3.09. The Labute approximate surface area is 86.0 Å². The fourth-order valence-corrected chi connectivity index (χ4v) is 3.12. The van der Waals surface area contributed by atoms with Gasteiger partial charge in [0.05, 0.1) is 6.61 Å². The van der Waals surface area contributed by atoms with Gasteiger partial charge in [-0.15, -0.1) is 0 Å². The lowest BCUT2D eigenvalue weighted by Crippen LogP contribution is -2.17. The van der Waals surface area contributed by atoms with Crippen LogP contribution in [0.4, 0.5) is 0 Å². The molecule has 0 N–H and O–H groups in total. The second-order valence-electron chi connectivity index (χ2n) is 4.86. The zero-order valence-corrected chi connectivity index (χ0v) is 9.00. The normalized spacial score (nSPS) is 34.8. The summed E-state index contributed by atoms with van der Waals surface area (Å²) < 4.78 is 5.12. The molecule has 0 aromatic carbocycles. The maximum atomic E-state index is 11.4. The van der Waals surface area contributed by atoms with Gasteiger partial charge >= 0.3 is 5.97 Å². The molecule has 0 heterocycles. The van der Waals surface area contributed by atoms with E-state index in [0.29, 0.717) is 18.9 Å². The Morgan fingerprint density at radius 3 is 2.79 bits per heavy atom. The van der Waals surface area contributed by atoms with E-state index >= 15 is 0 Å². The van der Waals surface area contributed by atoms with Crippen LogP contribution >= 0.6 is 0 Å². The number of rotatable bonds is 4. The van der Waals surface area contributed by atoms with E-state index < -0.39 is 0 Å². The average molecular weight is 196 g/mol. The zero-order valence-electron chi connectivity index (χ0n) is 9.00. The van der Waals surface area contributed by atoms with Crippen molar-refractivity contribution in [3.63, 3.8) is 0 Å². The number of esters is 1. The van der Waals surface area contributed by atoms with Gasteiger partial charge in [0.25, 0.3) is 0 Å². The van der Waals surface area contributed by atoms with Crippen LogP contribution in [0.25, 0.3) is 0 Å². The van der Waals surface area contributed by atoms with Crippen LogP contribution in [0.1, 0.15) is 45.4 Å².